The number of carbonyl (C=O) groups excluding carboxylic acids is 2. The van der Waals surface area contributed by atoms with Gasteiger partial charge in [-0.3, -0.25) is 19.6 Å². The zero-order valence-electron chi connectivity index (χ0n) is 12.2. The zero-order chi connectivity index (χ0) is 16.5. The molecule has 120 valence electrons. The molecule has 0 spiro atoms. The van der Waals surface area contributed by atoms with Gasteiger partial charge < -0.3 is 10.1 Å². The number of amides is 1. The van der Waals surface area contributed by atoms with Gasteiger partial charge in [0.15, 0.2) is 0 Å². The number of allylic oxidation sites excluding steroid dienone is 1. The molecule has 0 saturated heterocycles. The SMILES string of the molecule is C=CCC[C@@H](NC(=O)Cn1cc([N+](=O)[O-])cn1)C(=O)OCC. The van der Waals surface area contributed by atoms with Gasteiger partial charge in [0.2, 0.25) is 5.91 Å². The van der Waals surface area contributed by atoms with Gasteiger partial charge in [-0.25, -0.2) is 4.79 Å². The number of hydrogen-bond acceptors (Lipinski definition) is 6. The Balaban J connectivity index is 2.62. The molecule has 9 nitrogen and oxygen atoms in total. The largest absolute Gasteiger partial charge is 0.464 e. The number of hydrogen-bond donors (Lipinski definition) is 1. The highest BCUT2D eigenvalue weighted by molar-refractivity contribution is 5.84. The summed E-state index contributed by atoms with van der Waals surface area (Å²) in [7, 11) is 0. The molecule has 0 radical (unpaired) electrons. The maximum Gasteiger partial charge on any atom is 0.328 e. The fourth-order valence-electron chi connectivity index (χ4n) is 1.70. The molecule has 1 aromatic rings. The second kappa shape index (κ2) is 8.55. The summed E-state index contributed by atoms with van der Waals surface area (Å²) in [6.45, 7) is 5.22. The van der Waals surface area contributed by atoms with Crippen LogP contribution in [0.5, 0.6) is 0 Å². The number of aromatic nitrogens is 2. The fourth-order valence-corrected chi connectivity index (χ4v) is 1.70. The van der Waals surface area contributed by atoms with E-state index >= 15 is 0 Å². The van der Waals surface area contributed by atoms with Gasteiger partial charge in [-0.15, -0.1) is 6.58 Å². The van der Waals surface area contributed by atoms with Crippen molar-refractivity contribution in [1.82, 2.24) is 15.1 Å². The van der Waals surface area contributed by atoms with Crippen LogP contribution in [0.4, 0.5) is 5.69 Å². The minimum Gasteiger partial charge on any atom is -0.464 e. The molecule has 0 aliphatic heterocycles. The lowest BCUT2D eigenvalue weighted by Gasteiger charge is -2.16. The first-order valence-electron chi connectivity index (χ1n) is 6.71. The normalized spacial score (nSPS) is 11.5. The van der Waals surface area contributed by atoms with E-state index in [1.165, 1.54) is 0 Å². The van der Waals surface area contributed by atoms with Crippen LogP contribution in [0.2, 0.25) is 0 Å². The number of ether oxygens (including phenoxy) is 1. The monoisotopic (exact) mass is 310 g/mol. The highest BCUT2D eigenvalue weighted by Gasteiger charge is 2.21. The van der Waals surface area contributed by atoms with E-state index in [4.69, 9.17) is 4.74 Å². The molecule has 9 heteroatoms. The minimum atomic E-state index is -0.781. The molecule has 1 heterocycles. The lowest BCUT2D eigenvalue weighted by Crippen LogP contribution is -2.43. The Morgan fingerprint density at radius 1 is 1.64 bits per heavy atom. The predicted molar refractivity (Wildman–Crippen MR) is 76.9 cm³/mol. The zero-order valence-corrected chi connectivity index (χ0v) is 12.2. The molecule has 0 aliphatic carbocycles. The average molecular weight is 310 g/mol. The van der Waals surface area contributed by atoms with Gasteiger partial charge in [0, 0.05) is 0 Å². The maximum atomic E-state index is 11.9. The molecule has 1 N–H and O–H groups in total. The standard InChI is InChI=1S/C13H18N4O5/c1-3-5-6-11(13(19)22-4-2)15-12(18)9-16-8-10(7-14-16)17(20)21/h3,7-8,11H,1,4-6,9H2,2H3,(H,15,18)/t11-/m1/s1. The van der Waals surface area contributed by atoms with Crippen molar-refractivity contribution in [2.45, 2.75) is 32.4 Å². The minimum absolute atomic E-state index is 0.207. The second-order valence-corrected chi connectivity index (χ2v) is 4.39. The van der Waals surface area contributed by atoms with Gasteiger partial charge in [-0.2, -0.15) is 5.10 Å². The Kier molecular flexibility index (Phi) is 6.74. The van der Waals surface area contributed by atoms with E-state index in [2.05, 4.69) is 17.0 Å². The summed E-state index contributed by atoms with van der Waals surface area (Å²) < 4.78 is 6.02. The molecule has 0 aromatic carbocycles. The van der Waals surface area contributed by atoms with Crippen molar-refractivity contribution in [2.75, 3.05) is 6.61 Å². The third kappa shape index (κ3) is 5.35. The van der Waals surface area contributed by atoms with Crippen molar-refractivity contribution in [3.05, 3.63) is 35.2 Å². The van der Waals surface area contributed by atoms with Crippen LogP contribution in [0.3, 0.4) is 0 Å². The highest BCUT2D eigenvalue weighted by Crippen LogP contribution is 2.07. The van der Waals surface area contributed by atoms with Gasteiger partial charge >= 0.3 is 11.7 Å². The first-order valence-corrected chi connectivity index (χ1v) is 6.71. The van der Waals surface area contributed by atoms with Crippen LogP contribution in [-0.4, -0.2) is 39.2 Å². The predicted octanol–water partition coefficient (Wildman–Crippen LogP) is 0.805. The lowest BCUT2D eigenvalue weighted by atomic mass is 10.1. The Hall–Kier alpha value is -2.71. The number of nitro groups is 1. The average Bonchev–Trinajstić information content (AvgIpc) is 2.92. The molecule has 1 atom stereocenters. The maximum absolute atomic E-state index is 11.9. The molecule has 0 unspecified atom stereocenters. The highest BCUT2D eigenvalue weighted by atomic mass is 16.6. The smallest absolute Gasteiger partial charge is 0.328 e. The molecular weight excluding hydrogens is 292 g/mol. The molecular formula is C13H18N4O5. The van der Waals surface area contributed by atoms with E-state index < -0.39 is 22.8 Å². The summed E-state index contributed by atoms with van der Waals surface area (Å²) in [6, 6.07) is -0.781. The van der Waals surface area contributed by atoms with Crippen LogP contribution < -0.4 is 5.32 Å². The molecule has 1 amide bonds. The number of esters is 1. The van der Waals surface area contributed by atoms with E-state index in [1.807, 2.05) is 0 Å². The first kappa shape index (κ1) is 17.3. The molecule has 1 aromatic heterocycles. The quantitative estimate of drug-likeness (QED) is 0.312. The Morgan fingerprint density at radius 2 is 2.36 bits per heavy atom. The van der Waals surface area contributed by atoms with E-state index in [9.17, 15) is 19.7 Å². The summed E-state index contributed by atoms with van der Waals surface area (Å²) in [5.74, 6) is -1.01. The van der Waals surface area contributed by atoms with Crippen molar-refractivity contribution in [3.8, 4) is 0 Å². The number of carbonyl (C=O) groups is 2. The molecule has 0 fully saturated rings. The van der Waals surface area contributed by atoms with Crippen LogP contribution >= 0.6 is 0 Å². The van der Waals surface area contributed by atoms with E-state index in [0.717, 1.165) is 17.1 Å². The van der Waals surface area contributed by atoms with Crippen LogP contribution in [-0.2, 0) is 20.9 Å². The molecule has 0 saturated carbocycles. The van der Waals surface area contributed by atoms with Crippen molar-refractivity contribution in [1.29, 1.82) is 0 Å². The summed E-state index contributed by atoms with van der Waals surface area (Å²) in [4.78, 5) is 33.6. The number of nitrogens with one attached hydrogen (secondary N) is 1. The lowest BCUT2D eigenvalue weighted by molar-refractivity contribution is -0.385. The van der Waals surface area contributed by atoms with Crippen LogP contribution in [0.25, 0.3) is 0 Å². The van der Waals surface area contributed by atoms with Crippen molar-refractivity contribution in [3.63, 3.8) is 0 Å². The van der Waals surface area contributed by atoms with Gasteiger partial charge in [0.25, 0.3) is 0 Å². The molecule has 0 bridgehead atoms. The van der Waals surface area contributed by atoms with Crippen molar-refractivity contribution in [2.24, 2.45) is 0 Å². The van der Waals surface area contributed by atoms with E-state index in [0.29, 0.717) is 12.8 Å². The van der Waals surface area contributed by atoms with Crippen LogP contribution in [0.1, 0.15) is 19.8 Å². The number of rotatable bonds is 9. The molecule has 1 rings (SSSR count). The Bertz CT molecular complexity index is 554. The Morgan fingerprint density at radius 3 is 2.91 bits per heavy atom. The second-order valence-electron chi connectivity index (χ2n) is 4.39. The summed E-state index contributed by atoms with van der Waals surface area (Å²) in [6.07, 6.45) is 4.73. The number of nitrogens with zero attached hydrogens (tertiary/aromatic N) is 3. The van der Waals surface area contributed by atoms with E-state index in [1.54, 1.807) is 13.0 Å². The van der Waals surface area contributed by atoms with Gasteiger partial charge in [-0.05, 0) is 19.8 Å². The van der Waals surface area contributed by atoms with Gasteiger partial charge in [0.1, 0.15) is 25.0 Å². The van der Waals surface area contributed by atoms with Crippen molar-refractivity contribution < 1.29 is 19.2 Å². The summed E-state index contributed by atoms with van der Waals surface area (Å²) in [5.41, 5.74) is -0.207. The van der Waals surface area contributed by atoms with Gasteiger partial charge in [0.05, 0.1) is 11.5 Å². The summed E-state index contributed by atoms with van der Waals surface area (Å²) in [5, 5.41) is 16.8. The van der Waals surface area contributed by atoms with Crippen LogP contribution in [0, 0.1) is 10.1 Å². The molecule has 0 aliphatic rings. The van der Waals surface area contributed by atoms with Gasteiger partial charge in [-0.1, -0.05) is 6.08 Å². The third-order valence-electron chi connectivity index (χ3n) is 2.70. The molecule has 22 heavy (non-hydrogen) atoms. The first-order chi connectivity index (χ1) is 10.5. The fraction of sp³-hybridized carbons (Fsp3) is 0.462. The summed E-state index contributed by atoms with van der Waals surface area (Å²) >= 11 is 0. The third-order valence-corrected chi connectivity index (χ3v) is 2.70. The van der Waals surface area contributed by atoms with Crippen LogP contribution in [0.15, 0.2) is 25.0 Å². The topological polar surface area (TPSA) is 116 Å². The Labute approximate surface area is 127 Å². The van der Waals surface area contributed by atoms with E-state index in [-0.39, 0.29) is 18.8 Å². The van der Waals surface area contributed by atoms with Crippen molar-refractivity contribution >= 4 is 17.6 Å².